The zero-order chi connectivity index (χ0) is 19.3. The molecule has 4 fully saturated rings. The predicted molar refractivity (Wildman–Crippen MR) is 84.4 cm³/mol. The first-order chi connectivity index (χ1) is 11.9. The summed E-state index contributed by atoms with van der Waals surface area (Å²) in [6, 6.07) is 0. The third-order valence-electron chi connectivity index (χ3n) is 7.93. The molecule has 26 heavy (non-hydrogen) atoms. The molecule has 144 valence electrons. The van der Waals surface area contributed by atoms with Crippen LogP contribution >= 0.6 is 0 Å². The highest BCUT2D eigenvalue weighted by Gasteiger charge is 2.94. The molecule has 0 amide bonds. The first kappa shape index (κ1) is 17.7. The number of fused-ring (bicyclic) bond motifs is 2. The Kier molecular flexibility index (Phi) is 3.13. The van der Waals surface area contributed by atoms with E-state index in [-0.39, 0.29) is 12.8 Å². The number of hydrogen-bond acceptors (Lipinski definition) is 8. The lowest BCUT2D eigenvalue weighted by Gasteiger charge is -2.46. The van der Waals surface area contributed by atoms with Crippen LogP contribution < -0.4 is 0 Å². The summed E-state index contributed by atoms with van der Waals surface area (Å²) in [5, 5.41) is 12.0. The van der Waals surface area contributed by atoms with Crippen LogP contribution in [-0.2, 0) is 33.3 Å². The Bertz CT molecular complexity index is 735. The summed E-state index contributed by atoms with van der Waals surface area (Å²) in [7, 11) is 1.40. The van der Waals surface area contributed by atoms with Gasteiger partial charge in [-0.3, -0.25) is 14.4 Å². The van der Waals surface area contributed by atoms with E-state index >= 15 is 0 Å². The van der Waals surface area contributed by atoms with Crippen molar-refractivity contribution in [2.24, 2.45) is 16.2 Å². The summed E-state index contributed by atoms with van der Waals surface area (Å²) in [5.74, 6) is -1.69. The number of carbonyl (C=O) groups excluding carboxylic acids is 3. The second-order valence-electron chi connectivity index (χ2n) is 8.58. The predicted octanol–water partition coefficient (Wildman–Crippen LogP) is 0.690. The molecular weight excluding hydrogens is 344 g/mol. The van der Waals surface area contributed by atoms with E-state index in [0.717, 1.165) is 0 Å². The lowest BCUT2D eigenvalue weighted by Crippen LogP contribution is -2.60. The number of rotatable bonds is 2. The molecule has 0 radical (unpaired) electrons. The maximum absolute atomic E-state index is 13.0. The van der Waals surface area contributed by atoms with Crippen molar-refractivity contribution in [3.8, 4) is 0 Å². The summed E-state index contributed by atoms with van der Waals surface area (Å²) < 4.78 is 22.2. The van der Waals surface area contributed by atoms with Crippen molar-refractivity contribution in [3.63, 3.8) is 0 Å². The summed E-state index contributed by atoms with van der Waals surface area (Å²) in [6.45, 7) is 6.32. The van der Waals surface area contributed by atoms with Gasteiger partial charge in [0.05, 0.1) is 22.9 Å². The van der Waals surface area contributed by atoms with E-state index in [1.807, 2.05) is 0 Å². The van der Waals surface area contributed by atoms with Crippen LogP contribution in [-0.4, -0.2) is 53.7 Å². The minimum absolute atomic E-state index is 0.132. The Labute approximate surface area is 151 Å². The zero-order valence-electron chi connectivity index (χ0n) is 15.6. The minimum Gasteiger partial charge on any atom is -0.460 e. The monoisotopic (exact) mass is 368 g/mol. The van der Waals surface area contributed by atoms with Crippen molar-refractivity contribution in [1.82, 2.24) is 0 Å². The fraction of sp³-hybridized carbons (Fsp3) is 0.833. The number of hydrogen-bond donors (Lipinski definition) is 1. The van der Waals surface area contributed by atoms with E-state index in [1.165, 1.54) is 14.0 Å². The Morgan fingerprint density at radius 1 is 1.23 bits per heavy atom. The van der Waals surface area contributed by atoms with Gasteiger partial charge in [0.2, 0.25) is 6.29 Å². The van der Waals surface area contributed by atoms with Gasteiger partial charge in [-0.25, -0.2) is 0 Å². The smallest absolute Gasteiger partial charge is 0.318 e. The van der Waals surface area contributed by atoms with E-state index in [4.69, 9.17) is 18.9 Å². The van der Waals surface area contributed by atoms with E-state index in [2.05, 4.69) is 0 Å². The van der Waals surface area contributed by atoms with Crippen LogP contribution in [0.15, 0.2) is 0 Å². The molecule has 0 aromatic rings. The maximum Gasteiger partial charge on any atom is 0.318 e. The fourth-order valence-electron chi connectivity index (χ4n) is 6.56. The molecule has 2 aliphatic carbocycles. The summed E-state index contributed by atoms with van der Waals surface area (Å²) in [6.07, 6.45) is -1.57. The number of ether oxygens (including phenoxy) is 4. The molecule has 8 heteroatoms. The van der Waals surface area contributed by atoms with Crippen molar-refractivity contribution in [3.05, 3.63) is 0 Å². The van der Waals surface area contributed by atoms with Crippen molar-refractivity contribution in [1.29, 1.82) is 0 Å². The molecule has 4 aliphatic rings. The Morgan fingerprint density at radius 3 is 2.46 bits per heavy atom. The molecule has 1 spiro atoms. The minimum atomic E-state index is -1.55. The molecule has 2 heterocycles. The van der Waals surface area contributed by atoms with Gasteiger partial charge in [-0.2, -0.15) is 0 Å². The van der Waals surface area contributed by atoms with Crippen LogP contribution in [0.25, 0.3) is 0 Å². The van der Waals surface area contributed by atoms with E-state index < -0.39 is 57.7 Å². The third-order valence-corrected chi connectivity index (χ3v) is 7.93. The average Bonchev–Trinajstić information content (AvgIpc) is 3.06. The van der Waals surface area contributed by atoms with Gasteiger partial charge in [-0.15, -0.1) is 0 Å². The molecule has 0 bridgehead atoms. The first-order valence-corrected chi connectivity index (χ1v) is 8.80. The molecule has 2 saturated heterocycles. The number of carbonyl (C=O) groups is 3. The van der Waals surface area contributed by atoms with Crippen molar-refractivity contribution in [2.45, 2.75) is 70.6 Å². The summed E-state index contributed by atoms with van der Waals surface area (Å²) in [4.78, 5) is 37.2. The second-order valence-corrected chi connectivity index (χ2v) is 8.58. The highest BCUT2D eigenvalue weighted by molar-refractivity contribution is 5.86. The molecule has 7 unspecified atom stereocenters. The summed E-state index contributed by atoms with van der Waals surface area (Å²) >= 11 is 0. The standard InChI is InChI=1S/C18H24O8/c1-9(19)24-11-15(3)12(21)25-13(23-5)16(15,4)18(22)7-6-14(2)17(11,18)8-10(20)26-14/h11,13,22H,6-8H2,1-5H3. The van der Waals surface area contributed by atoms with Gasteiger partial charge in [0.15, 0.2) is 0 Å². The molecule has 1 N–H and O–H groups in total. The lowest BCUT2D eigenvalue weighted by atomic mass is 9.61. The van der Waals surface area contributed by atoms with E-state index in [1.54, 1.807) is 20.8 Å². The Balaban J connectivity index is 2.05. The highest BCUT2D eigenvalue weighted by atomic mass is 16.7. The van der Waals surface area contributed by atoms with Crippen LogP contribution in [0.1, 0.15) is 47.0 Å². The maximum atomic E-state index is 13.0. The number of aliphatic hydroxyl groups is 1. The molecule has 0 aromatic heterocycles. The van der Waals surface area contributed by atoms with Crippen molar-refractivity contribution >= 4 is 17.9 Å². The normalized spacial score (nSPS) is 54.4. The molecule has 8 nitrogen and oxygen atoms in total. The van der Waals surface area contributed by atoms with Crippen molar-refractivity contribution < 1.29 is 38.4 Å². The Hall–Kier alpha value is -1.67. The number of methoxy groups -OCH3 is 1. The molecule has 7 atom stereocenters. The molecule has 4 rings (SSSR count). The second kappa shape index (κ2) is 4.59. The molecule has 0 aromatic carbocycles. The quantitative estimate of drug-likeness (QED) is 0.560. The molecule has 2 aliphatic heterocycles. The number of cyclic esters (lactones) is 1. The average molecular weight is 368 g/mol. The highest BCUT2D eigenvalue weighted by Crippen LogP contribution is 2.80. The summed E-state index contributed by atoms with van der Waals surface area (Å²) in [5.41, 5.74) is -6.46. The lowest BCUT2D eigenvalue weighted by molar-refractivity contribution is -0.229. The SMILES string of the molecule is COC1OC(=O)C2(C)C(OC(C)=O)C34CC(=O)OC3(C)CCC4(O)C12C. The van der Waals surface area contributed by atoms with E-state index in [0.29, 0.717) is 6.42 Å². The van der Waals surface area contributed by atoms with Gasteiger partial charge in [0.1, 0.15) is 17.1 Å². The largest absolute Gasteiger partial charge is 0.460 e. The van der Waals surface area contributed by atoms with Crippen LogP contribution in [0, 0.1) is 16.2 Å². The van der Waals surface area contributed by atoms with Crippen LogP contribution in [0.3, 0.4) is 0 Å². The van der Waals surface area contributed by atoms with Crippen molar-refractivity contribution in [2.75, 3.05) is 7.11 Å². The third kappa shape index (κ3) is 1.40. The van der Waals surface area contributed by atoms with E-state index in [9.17, 15) is 19.5 Å². The fourth-order valence-corrected chi connectivity index (χ4v) is 6.56. The molecule has 2 saturated carbocycles. The van der Waals surface area contributed by atoms with Gasteiger partial charge in [0, 0.05) is 14.0 Å². The van der Waals surface area contributed by atoms with Crippen LogP contribution in [0.4, 0.5) is 0 Å². The first-order valence-electron chi connectivity index (χ1n) is 8.80. The van der Waals surface area contributed by atoms with Crippen LogP contribution in [0.2, 0.25) is 0 Å². The topological polar surface area (TPSA) is 108 Å². The van der Waals surface area contributed by atoms with Gasteiger partial charge >= 0.3 is 17.9 Å². The zero-order valence-corrected chi connectivity index (χ0v) is 15.6. The van der Waals surface area contributed by atoms with Gasteiger partial charge in [-0.1, -0.05) is 0 Å². The molecular formula is C18H24O8. The Morgan fingerprint density at radius 2 is 1.88 bits per heavy atom. The van der Waals surface area contributed by atoms with Crippen LogP contribution in [0.5, 0.6) is 0 Å². The van der Waals surface area contributed by atoms with Gasteiger partial charge in [-0.05, 0) is 33.6 Å². The van der Waals surface area contributed by atoms with Gasteiger partial charge < -0.3 is 24.1 Å². The van der Waals surface area contributed by atoms with Gasteiger partial charge in [0.25, 0.3) is 0 Å². The number of esters is 3.